The lowest BCUT2D eigenvalue weighted by Gasteiger charge is -2.13. The number of hydrogen-bond donors (Lipinski definition) is 1. The molecule has 0 aliphatic rings. The van der Waals surface area contributed by atoms with Gasteiger partial charge in [-0.25, -0.2) is 0 Å². The molecule has 0 aromatic carbocycles. The van der Waals surface area contributed by atoms with Gasteiger partial charge < -0.3 is 5.73 Å². The highest BCUT2D eigenvalue weighted by Crippen LogP contribution is 2.23. The molecule has 0 radical (unpaired) electrons. The summed E-state index contributed by atoms with van der Waals surface area (Å²) in [4.78, 5) is 12.8. The van der Waals surface area contributed by atoms with Crippen LogP contribution >= 0.6 is 27.3 Å². The van der Waals surface area contributed by atoms with E-state index < -0.39 is 0 Å². The molecule has 0 aliphatic heterocycles. The fraction of sp³-hybridized carbons (Fsp3) is 0.500. The summed E-state index contributed by atoms with van der Waals surface area (Å²) in [6.45, 7) is 3.75. The normalized spacial score (nSPS) is 15.1. The lowest BCUT2D eigenvalue weighted by Crippen LogP contribution is -2.31. The van der Waals surface area contributed by atoms with Gasteiger partial charge in [0.15, 0.2) is 0 Å². The van der Waals surface area contributed by atoms with Gasteiger partial charge in [-0.05, 0) is 35.0 Å². The molecule has 2 N–H and O–H groups in total. The molecule has 2 unspecified atom stereocenters. The van der Waals surface area contributed by atoms with Gasteiger partial charge in [0, 0.05) is 23.3 Å². The number of carbonyl (C=O) groups excluding carboxylic acids is 1. The molecule has 14 heavy (non-hydrogen) atoms. The van der Waals surface area contributed by atoms with Crippen LogP contribution in [0.3, 0.4) is 0 Å². The van der Waals surface area contributed by atoms with E-state index in [0.717, 1.165) is 8.66 Å². The highest BCUT2D eigenvalue weighted by molar-refractivity contribution is 9.11. The maximum absolute atomic E-state index is 11.7. The first-order valence-electron chi connectivity index (χ1n) is 4.53. The van der Waals surface area contributed by atoms with Gasteiger partial charge in [0.1, 0.15) is 5.78 Å². The minimum Gasteiger partial charge on any atom is -0.327 e. The van der Waals surface area contributed by atoms with Crippen LogP contribution in [0.5, 0.6) is 0 Å². The van der Waals surface area contributed by atoms with Crippen molar-refractivity contribution in [3.05, 3.63) is 20.8 Å². The van der Waals surface area contributed by atoms with E-state index in [1.807, 2.05) is 26.0 Å². The van der Waals surface area contributed by atoms with Crippen LogP contribution in [0.25, 0.3) is 0 Å². The summed E-state index contributed by atoms with van der Waals surface area (Å²) in [5.74, 6) is 0.158. The first-order valence-corrected chi connectivity index (χ1v) is 6.14. The number of nitrogens with two attached hydrogens (primary N) is 1. The number of halogens is 1. The van der Waals surface area contributed by atoms with Crippen LogP contribution < -0.4 is 5.73 Å². The Kier molecular flexibility index (Phi) is 4.29. The van der Waals surface area contributed by atoms with Crippen LogP contribution in [0.2, 0.25) is 0 Å². The topological polar surface area (TPSA) is 43.1 Å². The molecular weight excluding hydrogens is 262 g/mol. The third kappa shape index (κ3) is 3.19. The molecule has 1 heterocycles. The van der Waals surface area contributed by atoms with Crippen molar-refractivity contribution < 1.29 is 4.79 Å². The predicted molar refractivity (Wildman–Crippen MR) is 63.5 cm³/mol. The van der Waals surface area contributed by atoms with Crippen molar-refractivity contribution in [2.75, 3.05) is 0 Å². The largest absolute Gasteiger partial charge is 0.327 e. The second-order valence-electron chi connectivity index (χ2n) is 3.50. The molecule has 78 valence electrons. The van der Waals surface area contributed by atoms with E-state index in [1.54, 1.807) is 11.3 Å². The zero-order valence-corrected chi connectivity index (χ0v) is 10.7. The number of rotatable bonds is 4. The Morgan fingerprint density at radius 2 is 2.21 bits per heavy atom. The standard InChI is InChI=1S/C10H14BrNOS/c1-6(7(2)12)9(13)5-8-3-4-10(11)14-8/h3-4,6-7H,5,12H2,1-2H3. The molecule has 0 amide bonds. The predicted octanol–water partition coefficient (Wildman–Crippen LogP) is 2.61. The third-order valence-electron chi connectivity index (χ3n) is 2.27. The molecule has 1 aromatic heterocycles. The van der Waals surface area contributed by atoms with Crippen LogP contribution in [0, 0.1) is 5.92 Å². The summed E-state index contributed by atoms with van der Waals surface area (Å²) in [5, 5.41) is 0. The van der Waals surface area contributed by atoms with Crippen LogP contribution in [-0.2, 0) is 11.2 Å². The average Bonchev–Trinajstić information content (AvgIpc) is 2.49. The second-order valence-corrected chi connectivity index (χ2v) is 6.04. The van der Waals surface area contributed by atoms with Gasteiger partial charge in [0.05, 0.1) is 3.79 Å². The Morgan fingerprint density at radius 3 is 2.64 bits per heavy atom. The smallest absolute Gasteiger partial charge is 0.142 e. The van der Waals surface area contributed by atoms with Crippen molar-refractivity contribution >= 4 is 33.0 Å². The van der Waals surface area contributed by atoms with E-state index in [1.165, 1.54) is 0 Å². The summed E-state index contributed by atoms with van der Waals surface area (Å²) < 4.78 is 1.06. The average molecular weight is 276 g/mol. The van der Waals surface area contributed by atoms with Crippen molar-refractivity contribution in [2.24, 2.45) is 11.7 Å². The van der Waals surface area contributed by atoms with Gasteiger partial charge in [-0.3, -0.25) is 4.79 Å². The van der Waals surface area contributed by atoms with Crippen LogP contribution in [0.4, 0.5) is 0 Å². The number of ketones is 1. The van der Waals surface area contributed by atoms with E-state index in [4.69, 9.17) is 5.73 Å². The fourth-order valence-electron chi connectivity index (χ4n) is 1.07. The van der Waals surface area contributed by atoms with Crippen molar-refractivity contribution in [1.29, 1.82) is 0 Å². The van der Waals surface area contributed by atoms with Gasteiger partial charge in [-0.1, -0.05) is 6.92 Å². The minimum absolute atomic E-state index is 0.0594. The molecule has 0 aliphatic carbocycles. The van der Waals surface area contributed by atoms with Crippen molar-refractivity contribution in [3.8, 4) is 0 Å². The summed E-state index contributed by atoms with van der Waals surface area (Å²) >= 11 is 4.97. The SMILES string of the molecule is CC(N)C(C)C(=O)Cc1ccc(Br)s1. The Hall–Kier alpha value is -0.190. The quantitative estimate of drug-likeness (QED) is 0.918. The Bertz CT molecular complexity index is 322. The number of thiophene rings is 1. The highest BCUT2D eigenvalue weighted by atomic mass is 79.9. The van der Waals surface area contributed by atoms with Crippen molar-refractivity contribution in [1.82, 2.24) is 0 Å². The second kappa shape index (κ2) is 5.05. The summed E-state index contributed by atoms with van der Waals surface area (Å²) in [6.07, 6.45) is 0.499. The Balaban J connectivity index is 2.57. The molecule has 0 bridgehead atoms. The zero-order chi connectivity index (χ0) is 10.7. The monoisotopic (exact) mass is 275 g/mol. The van der Waals surface area contributed by atoms with Gasteiger partial charge in [0.25, 0.3) is 0 Å². The molecule has 2 atom stereocenters. The van der Waals surface area contributed by atoms with Crippen LogP contribution in [0.15, 0.2) is 15.9 Å². The molecule has 0 saturated carbocycles. The van der Waals surface area contributed by atoms with Gasteiger partial charge in [0.2, 0.25) is 0 Å². The lowest BCUT2D eigenvalue weighted by atomic mass is 9.97. The molecule has 4 heteroatoms. The van der Waals surface area contributed by atoms with Gasteiger partial charge >= 0.3 is 0 Å². The van der Waals surface area contributed by atoms with E-state index in [9.17, 15) is 4.79 Å². The van der Waals surface area contributed by atoms with E-state index in [2.05, 4.69) is 15.9 Å². The zero-order valence-electron chi connectivity index (χ0n) is 8.29. The van der Waals surface area contributed by atoms with E-state index in [0.29, 0.717) is 6.42 Å². The molecule has 0 spiro atoms. The maximum atomic E-state index is 11.7. The molecular formula is C10H14BrNOS. The molecule has 2 nitrogen and oxygen atoms in total. The first kappa shape index (κ1) is 11.9. The van der Waals surface area contributed by atoms with E-state index in [-0.39, 0.29) is 17.7 Å². The number of hydrogen-bond acceptors (Lipinski definition) is 3. The third-order valence-corrected chi connectivity index (χ3v) is 3.90. The Morgan fingerprint density at radius 1 is 1.57 bits per heavy atom. The van der Waals surface area contributed by atoms with E-state index >= 15 is 0 Å². The summed E-state index contributed by atoms with van der Waals surface area (Å²) in [5.41, 5.74) is 5.67. The molecule has 0 fully saturated rings. The number of carbonyl (C=O) groups is 1. The highest BCUT2D eigenvalue weighted by Gasteiger charge is 2.17. The molecule has 1 aromatic rings. The summed E-state index contributed by atoms with van der Waals surface area (Å²) in [6, 6.07) is 3.87. The van der Waals surface area contributed by atoms with Gasteiger partial charge in [-0.2, -0.15) is 0 Å². The van der Waals surface area contributed by atoms with Crippen LogP contribution in [-0.4, -0.2) is 11.8 Å². The minimum atomic E-state index is -0.0640. The molecule has 0 saturated heterocycles. The number of Topliss-reactive ketones (excluding diaryl/α,β-unsaturated/α-hetero) is 1. The Labute approximate surface area is 96.6 Å². The van der Waals surface area contributed by atoms with Gasteiger partial charge in [-0.15, -0.1) is 11.3 Å². The summed E-state index contributed by atoms with van der Waals surface area (Å²) in [7, 11) is 0. The lowest BCUT2D eigenvalue weighted by molar-refractivity contribution is -0.122. The van der Waals surface area contributed by atoms with Crippen molar-refractivity contribution in [3.63, 3.8) is 0 Å². The van der Waals surface area contributed by atoms with Crippen molar-refractivity contribution in [2.45, 2.75) is 26.3 Å². The molecule has 1 rings (SSSR count). The van der Waals surface area contributed by atoms with Crippen LogP contribution in [0.1, 0.15) is 18.7 Å². The first-order chi connectivity index (χ1) is 6.50. The maximum Gasteiger partial charge on any atom is 0.142 e. The fourth-order valence-corrected chi connectivity index (χ4v) is 2.57.